The van der Waals surface area contributed by atoms with E-state index in [1.807, 2.05) is 0 Å². The van der Waals surface area contributed by atoms with E-state index in [1.165, 1.54) is 0 Å². The van der Waals surface area contributed by atoms with Gasteiger partial charge in [-0.05, 0) is 24.1 Å². The lowest BCUT2D eigenvalue weighted by Crippen LogP contribution is -2.44. The van der Waals surface area contributed by atoms with Crippen molar-refractivity contribution in [2.75, 3.05) is 0 Å². The highest BCUT2D eigenvalue weighted by Crippen LogP contribution is 2.11. The van der Waals surface area contributed by atoms with Crippen molar-refractivity contribution in [3.8, 4) is 0 Å². The number of hydrogen-bond acceptors (Lipinski definition) is 2. The van der Waals surface area contributed by atoms with Gasteiger partial charge in [-0.1, -0.05) is 23.7 Å². The van der Waals surface area contributed by atoms with E-state index in [-0.39, 0.29) is 5.84 Å². The maximum absolute atomic E-state index is 10.5. The molecule has 1 atom stereocenters. The van der Waals surface area contributed by atoms with Crippen molar-refractivity contribution < 1.29 is 9.90 Å². The molecule has 1 rings (SSSR count). The lowest BCUT2D eigenvalue weighted by Gasteiger charge is -2.15. The molecule has 0 spiro atoms. The fourth-order valence-electron chi connectivity index (χ4n) is 1.24. The van der Waals surface area contributed by atoms with Gasteiger partial charge in [0.2, 0.25) is 0 Å². The summed E-state index contributed by atoms with van der Waals surface area (Å²) >= 11 is 5.72. The maximum Gasteiger partial charge on any atom is 0.405 e. The Labute approximate surface area is 97.7 Å². The van der Waals surface area contributed by atoms with Gasteiger partial charge in [0.05, 0.1) is 6.04 Å². The third-order valence-electron chi connectivity index (χ3n) is 2.03. The Kier molecular flexibility index (Phi) is 4.13. The van der Waals surface area contributed by atoms with E-state index in [1.54, 1.807) is 24.3 Å². The van der Waals surface area contributed by atoms with Crippen LogP contribution in [0, 0.1) is 5.41 Å². The summed E-state index contributed by atoms with van der Waals surface area (Å²) in [5.41, 5.74) is 6.15. The van der Waals surface area contributed by atoms with E-state index < -0.39 is 12.1 Å². The highest BCUT2D eigenvalue weighted by molar-refractivity contribution is 6.30. The Bertz CT molecular complexity index is 392. The molecule has 0 aliphatic heterocycles. The molecule has 86 valence electrons. The Morgan fingerprint density at radius 2 is 2.06 bits per heavy atom. The number of carboxylic acid groups (broad SMARTS) is 1. The number of amides is 1. The summed E-state index contributed by atoms with van der Waals surface area (Å²) < 4.78 is 0. The van der Waals surface area contributed by atoms with Crippen LogP contribution in [0.25, 0.3) is 0 Å². The molecule has 0 saturated carbocycles. The molecule has 1 amide bonds. The van der Waals surface area contributed by atoms with E-state index in [9.17, 15) is 4.79 Å². The first-order valence-electron chi connectivity index (χ1n) is 4.57. The number of halogens is 1. The van der Waals surface area contributed by atoms with Crippen LogP contribution in [0.3, 0.4) is 0 Å². The van der Waals surface area contributed by atoms with E-state index in [0.29, 0.717) is 11.4 Å². The number of hydrogen-bond donors (Lipinski definition) is 4. The van der Waals surface area contributed by atoms with Crippen LogP contribution in [0.5, 0.6) is 0 Å². The molecule has 0 aromatic heterocycles. The van der Waals surface area contributed by atoms with Gasteiger partial charge in [0.1, 0.15) is 5.84 Å². The average molecular weight is 242 g/mol. The topological polar surface area (TPSA) is 99.2 Å². The van der Waals surface area contributed by atoms with Crippen LogP contribution in [0.1, 0.15) is 5.56 Å². The molecule has 0 saturated heterocycles. The van der Waals surface area contributed by atoms with Gasteiger partial charge in [0.15, 0.2) is 0 Å². The molecule has 1 aromatic carbocycles. The zero-order chi connectivity index (χ0) is 12.1. The highest BCUT2D eigenvalue weighted by Gasteiger charge is 2.14. The maximum atomic E-state index is 10.5. The van der Waals surface area contributed by atoms with Crippen molar-refractivity contribution in [3.63, 3.8) is 0 Å². The van der Waals surface area contributed by atoms with E-state index in [0.717, 1.165) is 5.56 Å². The van der Waals surface area contributed by atoms with Crippen LogP contribution < -0.4 is 11.1 Å². The normalized spacial score (nSPS) is 11.8. The third kappa shape index (κ3) is 3.78. The van der Waals surface area contributed by atoms with Crippen molar-refractivity contribution in [2.24, 2.45) is 5.73 Å². The van der Waals surface area contributed by atoms with Crippen molar-refractivity contribution >= 4 is 23.5 Å². The lowest BCUT2D eigenvalue weighted by molar-refractivity contribution is 0.192. The molecule has 0 fully saturated rings. The Hall–Kier alpha value is -1.75. The summed E-state index contributed by atoms with van der Waals surface area (Å²) in [5.74, 6) is -0.211. The average Bonchev–Trinajstić information content (AvgIpc) is 2.19. The molecular formula is C10H12ClN3O2. The Morgan fingerprint density at radius 1 is 1.50 bits per heavy atom. The summed E-state index contributed by atoms with van der Waals surface area (Å²) in [7, 11) is 0. The number of nitrogens with two attached hydrogens (primary N) is 1. The molecular weight excluding hydrogens is 230 g/mol. The van der Waals surface area contributed by atoms with Gasteiger partial charge in [0.25, 0.3) is 0 Å². The van der Waals surface area contributed by atoms with Crippen molar-refractivity contribution in [1.29, 1.82) is 5.41 Å². The van der Waals surface area contributed by atoms with Crippen LogP contribution in [-0.4, -0.2) is 23.1 Å². The van der Waals surface area contributed by atoms with E-state index in [4.69, 9.17) is 27.9 Å². The summed E-state index contributed by atoms with van der Waals surface area (Å²) in [5, 5.41) is 18.6. The number of rotatable bonds is 4. The summed E-state index contributed by atoms with van der Waals surface area (Å²) in [6.07, 6.45) is -0.868. The van der Waals surface area contributed by atoms with Gasteiger partial charge in [-0.3, -0.25) is 5.41 Å². The SMILES string of the molecule is N=C(N)[C@H](Cc1ccc(Cl)cc1)NC(=O)O. The zero-order valence-electron chi connectivity index (χ0n) is 8.40. The largest absolute Gasteiger partial charge is 0.465 e. The van der Waals surface area contributed by atoms with Crippen molar-refractivity contribution in [1.82, 2.24) is 5.32 Å². The predicted molar refractivity (Wildman–Crippen MR) is 62.0 cm³/mol. The quantitative estimate of drug-likeness (QED) is 0.474. The molecule has 0 aliphatic rings. The van der Waals surface area contributed by atoms with Crippen LogP contribution in [0.2, 0.25) is 5.02 Å². The second kappa shape index (κ2) is 5.37. The van der Waals surface area contributed by atoms with Crippen LogP contribution in [0.4, 0.5) is 4.79 Å². The number of nitrogens with one attached hydrogen (secondary N) is 2. The molecule has 16 heavy (non-hydrogen) atoms. The molecule has 0 unspecified atom stereocenters. The molecule has 5 N–H and O–H groups in total. The molecule has 0 bridgehead atoms. The van der Waals surface area contributed by atoms with E-state index in [2.05, 4.69) is 5.32 Å². The molecule has 6 heteroatoms. The first kappa shape index (κ1) is 12.3. The number of benzene rings is 1. The van der Waals surface area contributed by atoms with Gasteiger partial charge >= 0.3 is 6.09 Å². The highest BCUT2D eigenvalue weighted by atomic mass is 35.5. The minimum atomic E-state index is -1.20. The predicted octanol–water partition coefficient (Wildman–Crippen LogP) is 1.45. The van der Waals surface area contributed by atoms with Gasteiger partial charge in [0, 0.05) is 5.02 Å². The molecule has 0 aliphatic carbocycles. The van der Waals surface area contributed by atoms with Gasteiger partial charge < -0.3 is 16.2 Å². The molecule has 0 radical (unpaired) electrons. The monoisotopic (exact) mass is 241 g/mol. The summed E-state index contributed by atoms with van der Waals surface area (Å²) in [6.45, 7) is 0. The number of carbonyl (C=O) groups is 1. The first-order chi connectivity index (χ1) is 7.49. The standard InChI is InChI=1S/C10H12ClN3O2/c11-7-3-1-6(2-4-7)5-8(9(12)13)14-10(15)16/h1-4,8,14H,5H2,(H3,12,13)(H,15,16)/t8-/m0/s1. The minimum Gasteiger partial charge on any atom is -0.465 e. The van der Waals surface area contributed by atoms with Crippen LogP contribution >= 0.6 is 11.6 Å². The summed E-state index contributed by atoms with van der Waals surface area (Å²) in [4.78, 5) is 10.5. The Morgan fingerprint density at radius 3 is 2.50 bits per heavy atom. The molecule has 0 heterocycles. The van der Waals surface area contributed by atoms with Crippen molar-refractivity contribution in [3.05, 3.63) is 34.9 Å². The summed E-state index contributed by atoms with van der Waals surface area (Å²) in [6, 6.07) is 6.23. The second-order valence-electron chi connectivity index (χ2n) is 3.29. The van der Waals surface area contributed by atoms with E-state index >= 15 is 0 Å². The molecule has 5 nitrogen and oxygen atoms in total. The first-order valence-corrected chi connectivity index (χ1v) is 4.94. The lowest BCUT2D eigenvalue weighted by atomic mass is 10.1. The van der Waals surface area contributed by atoms with Gasteiger partial charge in [-0.15, -0.1) is 0 Å². The van der Waals surface area contributed by atoms with Crippen LogP contribution in [-0.2, 0) is 6.42 Å². The fraction of sp³-hybridized carbons (Fsp3) is 0.200. The van der Waals surface area contributed by atoms with Gasteiger partial charge in [-0.2, -0.15) is 0 Å². The number of amidine groups is 1. The smallest absolute Gasteiger partial charge is 0.405 e. The molecule has 1 aromatic rings. The van der Waals surface area contributed by atoms with Crippen molar-refractivity contribution in [2.45, 2.75) is 12.5 Å². The second-order valence-corrected chi connectivity index (χ2v) is 3.72. The fourth-order valence-corrected chi connectivity index (χ4v) is 1.37. The third-order valence-corrected chi connectivity index (χ3v) is 2.28. The Balaban J connectivity index is 2.71. The van der Waals surface area contributed by atoms with Gasteiger partial charge in [-0.25, -0.2) is 4.79 Å². The minimum absolute atomic E-state index is 0.211. The zero-order valence-corrected chi connectivity index (χ0v) is 9.16. The van der Waals surface area contributed by atoms with Crippen LogP contribution in [0.15, 0.2) is 24.3 Å².